The lowest BCUT2D eigenvalue weighted by molar-refractivity contribution is 0.0429. The van der Waals surface area contributed by atoms with E-state index in [9.17, 15) is 4.79 Å². The zero-order chi connectivity index (χ0) is 9.68. The van der Waals surface area contributed by atoms with E-state index in [1.807, 2.05) is 0 Å². The number of aromatic nitrogens is 3. The molecule has 1 heterocycles. The summed E-state index contributed by atoms with van der Waals surface area (Å²) < 4.78 is 1.33. The third kappa shape index (κ3) is 2.28. The van der Waals surface area contributed by atoms with Crippen LogP contribution in [0.3, 0.4) is 0 Å². The first-order valence-electron chi connectivity index (χ1n) is 3.46. The van der Waals surface area contributed by atoms with E-state index in [0.717, 1.165) is 0 Å². The molecular formula is C7H8N4O2. The predicted molar refractivity (Wildman–Crippen MR) is 43.3 cm³/mol. The molecule has 0 spiro atoms. The van der Waals surface area contributed by atoms with Crippen LogP contribution in [0.5, 0.6) is 0 Å². The van der Waals surface area contributed by atoms with Gasteiger partial charge in [-0.15, -0.1) is 11.5 Å². The first-order valence-corrected chi connectivity index (χ1v) is 3.46. The van der Waals surface area contributed by atoms with E-state index in [2.05, 4.69) is 26.6 Å². The number of aryl methyl sites for hydroxylation is 1. The lowest BCUT2D eigenvalue weighted by Crippen LogP contribution is -2.25. The molecule has 0 atom stereocenters. The molecule has 1 N–H and O–H groups in total. The average molecular weight is 180 g/mol. The molecule has 1 aromatic rings. The van der Waals surface area contributed by atoms with Crippen LogP contribution >= 0.6 is 0 Å². The Bertz CT molecular complexity index is 339. The van der Waals surface area contributed by atoms with Crippen molar-refractivity contribution in [2.75, 3.05) is 6.61 Å². The minimum atomic E-state index is -0.428. The van der Waals surface area contributed by atoms with Gasteiger partial charge in [0.15, 0.2) is 0 Å². The number of amides is 1. The normalized spacial score (nSPS) is 9.23. The Kier molecular flexibility index (Phi) is 3.00. The number of carbonyl (C=O) groups excluding carboxylic acids is 1. The Hall–Kier alpha value is -1.87. The van der Waals surface area contributed by atoms with Gasteiger partial charge in [-0.2, -0.15) is 0 Å². The van der Waals surface area contributed by atoms with E-state index in [-0.39, 0.29) is 6.61 Å². The first kappa shape index (κ1) is 9.22. The van der Waals surface area contributed by atoms with Crippen molar-refractivity contribution in [3.63, 3.8) is 0 Å². The third-order valence-electron chi connectivity index (χ3n) is 1.27. The number of nitrogens with zero attached hydrogens (tertiary/aromatic N) is 3. The van der Waals surface area contributed by atoms with Crippen LogP contribution in [-0.2, 0) is 11.9 Å². The Labute approximate surface area is 74.8 Å². The largest absolute Gasteiger partial charge is 0.294 e. The van der Waals surface area contributed by atoms with Crippen molar-refractivity contribution in [2.45, 2.75) is 0 Å². The van der Waals surface area contributed by atoms with E-state index in [0.29, 0.717) is 5.69 Å². The van der Waals surface area contributed by atoms with Crippen LogP contribution in [0.2, 0.25) is 0 Å². The number of rotatable bonds is 3. The molecule has 0 saturated heterocycles. The first-order chi connectivity index (χ1) is 6.25. The number of nitrogens with one attached hydrogen (secondary N) is 1. The molecule has 0 fully saturated rings. The van der Waals surface area contributed by atoms with Gasteiger partial charge in [-0.3, -0.25) is 9.63 Å². The summed E-state index contributed by atoms with van der Waals surface area (Å²) >= 11 is 0. The molecule has 1 amide bonds. The van der Waals surface area contributed by atoms with Crippen LogP contribution < -0.4 is 5.48 Å². The zero-order valence-corrected chi connectivity index (χ0v) is 7.02. The smallest absolute Gasteiger partial charge is 0.265 e. The van der Waals surface area contributed by atoms with E-state index in [1.54, 1.807) is 7.05 Å². The van der Waals surface area contributed by atoms with Gasteiger partial charge in [0.1, 0.15) is 12.3 Å². The van der Waals surface area contributed by atoms with Crippen molar-refractivity contribution < 1.29 is 9.63 Å². The molecule has 13 heavy (non-hydrogen) atoms. The van der Waals surface area contributed by atoms with Crippen LogP contribution in [0.4, 0.5) is 0 Å². The quantitative estimate of drug-likeness (QED) is 0.372. The predicted octanol–water partition coefficient (Wildman–Crippen LogP) is -0.890. The summed E-state index contributed by atoms with van der Waals surface area (Å²) in [6.45, 7) is 0.0248. The van der Waals surface area contributed by atoms with Crippen LogP contribution in [-0.4, -0.2) is 27.5 Å². The summed E-state index contributed by atoms with van der Waals surface area (Å²) in [6, 6.07) is 0. The maximum absolute atomic E-state index is 11.2. The second-order valence-corrected chi connectivity index (χ2v) is 2.17. The van der Waals surface area contributed by atoms with E-state index in [1.165, 1.54) is 10.9 Å². The van der Waals surface area contributed by atoms with Gasteiger partial charge in [-0.1, -0.05) is 11.1 Å². The molecule has 1 rings (SSSR count). The van der Waals surface area contributed by atoms with Gasteiger partial charge in [0.2, 0.25) is 0 Å². The minimum absolute atomic E-state index is 0.0248. The van der Waals surface area contributed by atoms with E-state index >= 15 is 0 Å². The number of terminal acetylenes is 1. The molecule has 0 saturated carbocycles. The van der Waals surface area contributed by atoms with Crippen LogP contribution in [0.25, 0.3) is 0 Å². The maximum Gasteiger partial charge on any atom is 0.294 e. The molecule has 68 valence electrons. The summed E-state index contributed by atoms with van der Waals surface area (Å²) in [5.41, 5.74) is 2.45. The fourth-order valence-electron chi connectivity index (χ4n) is 0.691. The van der Waals surface area contributed by atoms with Gasteiger partial charge in [0, 0.05) is 7.05 Å². The fraction of sp³-hybridized carbons (Fsp3) is 0.286. The van der Waals surface area contributed by atoms with Crippen LogP contribution in [0.15, 0.2) is 6.20 Å². The Morgan fingerprint density at radius 2 is 2.69 bits per heavy atom. The summed E-state index contributed by atoms with van der Waals surface area (Å²) in [6.07, 6.45) is 6.24. The SMILES string of the molecule is C#CCONC(=O)c1cnnn1C. The van der Waals surface area contributed by atoms with Gasteiger partial charge >= 0.3 is 0 Å². The monoisotopic (exact) mass is 180 g/mol. The molecule has 1 aromatic heterocycles. The number of carbonyl (C=O) groups is 1. The average Bonchev–Trinajstić information content (AvgIpc) is 2.52. The van der Waals surface area contributed by atoms with Gasteiger partial charge in [-0.25, -0.2) is 10.2 Å². The molecule has 0 bridgehead atoms. The summed E-state index contributed by atoms with van der Waals surface area (Å²) in [4.78, 5) is 15.8. The topological polar surface area (TPSA) is 69.0 Å². The lowest BCUT2D eigenvalue weighted by atomic mass is 10.4. The van der Waals surface area contributed by atoms with Gasteiger partial charge in [-0.05, 0) is 0 Å². The molecule has 0 aliphatic rings. The molecular weight excluding hydrogens is 172 g/mol. The van der Waals surface area contributed by atoms with Crippen molar-refractivity contribution in [3.05, 3.63) is 11.9 Å². The minimum Gasteiger partial charge on any atom is -0.265 e. The number of hydrogen-bond donors (Lipinski definition) is 1. The van der Waals surface area contributed by atoms with Crippen molar-refractivity contribution in [1.29, 1.82) is 0 Å². The highest BCUT2D eigenvalue weighted by molar-refractivity contribution is 5.91. The Morgan fingerprint density at radius 3 is 3.23 bits per heavy atom. The van der Waals surface area contributed by atoms with Crippen LogP contribution in [0.1, 0.15) is 10.5 Å². The highest BCUT2D eigenvalue weighted by Crippen LogP contribution is 1.91. The van der Waals surface area contributed by atoms with Gasteiger partial charge in [0.25, 0.3) is 5.91 Å². The Balaban J connectivity index is 2.50. The molecule has 6 heteroatoms. The van der Waals surface area contributed by atoms with Crippen molar-refractivity contribution in [3.8, 4) is 12.3 Å². The van der Waals surface area contributed by atoms with Gasteiger partial charge < -0.3 is 0 Å². The highest BCUT2D eigenvalue weighted by atomic mass is 16.6. The molecule has 0 aliphatic heterocycles. The Morgan fingerprint density at radius 1 is 1.92 bits per heavy atom. The molecule has 6 nitrogen and oxygen atoms in total. The second-order valence-electron chi connectivity index (χ2n) is 2.17. The maximum atomic E-state index is 11.2. The van der Waals surface area contributed by atoms with Crippen molar-refractivity contribution in [1.82, 2.24) is 20.5 Å². The molecule has 0 aliphatic carbocycles. The second kappa shape index (κ2) is 4.23. The van der Waals surface area contributed by atoms with Crippen molar-refractivity contribution in [2.24, 2.45) is 7.05 Å². The summed E-state index contributed by atoms with van der Waals surface area (Å²) in [5.74, 6) is 1.78. The number of hydroxylamine groups is 1. The van der Waals surface area contributed by atoms with E-state index in [4.69, 9.17) is 6.42 Å². The van der Waals surface area contributed by atoms with Crippen LogP contribution in [0, 0.1) is 12.3 Å². The molecule has 0 aromatic carbocycles. The third-order valence-corrected chi connectivity index (χ3v) is 1.27. The molecule has 0 unspecified atom stereocenters. The van der Waals surface area contributed by atoms with Gasteiger partial charge in [0.05, 0.1) is 6.20 Å². The van der Waals surface area contributed by atoms with E-state index < -0.39 is 5.91 Å². The summed E-state index contributed by atoms with van der Waals surface area (Å²) in [7, 11) is 1.60. The lowest BCUT2D eigenvalue weighted by Gasteiger charge is -2.01. The summed E-state index contributed by atoms with van der Waals surface area (Å²) in [5, 5.41) is 7.10. The standard InChI is InChI=1S/C7H8N4O2/c1-3-4-13-9-7(12)6-5-8-10-11(6)2/h1,5H,4H2,2H3,(H,9,12). The van der Waals surface area contributed by atoms with Crippen molar-refractivity contribution >= 4 is 5.91 Å². The number of hydrogen-bond acceptors (Lipinski definition) is 4. The molecule has 0 radical (unpaired) electrons. The highest BCUT2D eigenvalue weighted by Gasteiger charge is 2.09. The zero-order valence-electron chi connectivity index (χ0n) is 7.02. The fourth-order valence-corrected chi connectivity index (χ4v) is 0.691.